The van der Waals surface area contributed by atoms with Crippen LogP contribution in [-0.4, -0.2) is 33.1 Å². The minimum absolute atomic E-state index is 0.214. The summed E-state index contributed by atoms with van der Waals surface area (Å²) >= 11 is 3.40. The maximum atomic E-state index is 5.53. The molecule has 2 unspecified atom stereocenters. The van der Waals surface area contributed by atoms with Gasteiger partial charge in [0.05, 0.1) is 12.1 Å². The molecule has 3 heterocycles. The molecule has 1 N–H and O–H groups in total. The number of nitrogens with one attached hydrogen (secondary N) is 1. The van der Waals surface area contributed by atoms with Crippen LogP contribution in [0.25, 0.3) is 5.65 Å². The Morgan fingerprint density at radius 3 is 3.24 bits per heavy atom. The summed E-state index contributed by atoms with van der Waals surface area (Å²) in [6.45, 7) is 2.88. The van der Waals surface area contributed by atoms with Crippen LogP contribution in [0.4, 0.5) is 5.82 Å². The van der Waals surface area contributed by atoms with E-state index in [4.69, 9.17) is 4.74 Å². The summed E-state index contributed by atoms with van der Waals surface area (Å²) < 4.78 is 8.27. The number of hydrogen-bond acceptors (Lipinski definition) is 4. The van der Waals surface area contributed by atoms with Gasteiger partial charge in [0, 0.05) is 25.2 Å². The van der Waals surface area contributed by atoms with Gasteiger partial charge in [-0.1, -0.05) is 0 Å². The molecule has 1 saturated heterocycles. The van der Waals surface area contributed by atoms with Crippen LogP contribution in [0.1, 0.15) is 13.3 Å². The predicted molar refractivity (Wildman–Crippen MR) is 68.1 cm³/mol. The minimum Gasteiger partial charge on any atom is -0.376 e. The number of nitrogens with zero attached hydrogens (tertiary/aromatic N) is 3. The monoisotopic (exact) mass is 296 g/mol. The van der Waals surface area contributed by atoms with E-state index in [9.17, 15) is 0 Å². The lowest BCUT2D eigenvalue weighted by molar-refractivity contribution is 0.121. The zero-order chi connectivity index (χ0) is 11.8. The van der Waals surface area contributed by atoms with Crippen LogP contribution < -0.4 is 5.32 Å². The molecule has 0 bridgehead atoms. The van der Waals surface area contributed by atoms with E-state index in [1.54, 1.807) is 6.20 Å². The molecule has 17 heavy (non-hydrogen) atoms. The zero-order valence-electron chi connectivity index (χ0n) is 9.43. The van der Waals surface area contributed by atoms with Gasteiger partial charge in [0.15, 0.2) is 11.5 Å². The van der Waals surface area contributed by atoms with Gasteiger partial charge in [-0.05, 0) is 29.3 Å². The number of ether oxygens (including phenoxy) is 1. The molecule has 90 valence electrons. The van der Waals surface area contributed by atoms with E-state index in [0.717, 1.165) is 29.1 Å². The fourth-order valence-corrected chi connectivity index (χ4v) is 2.49. The van der Waals surface area contributed by atoms with Gasteiger partial charge in [0.1, 0.15) is 4.60 Å². The number of rotatable bonds is 2. The molecular formula is C11H13BrN4O. The summed E-state index contributed by atoms with van der Waals surface area (Å²) in [5.41, 5.74) is 0.840. The van der Waals surface area contributed by atoms with Gasteiger partial charge in [-0.2, -0.15) is 0 Å². The second kappa shape index (κ2) is 4.27. The van der Waals surface area contributed by atoms with Crippen molar-refractivity contribution in [3.63, 3.8) is 0 Å². The molecule has 2 aromatic rings. The van der Waals surface area contributed by atoms with E-state index < -0.39 is 0 Å². The van der Waals surface area contributed by atoms with Gasteiger partial charge in [-0.25, -0.2) is 9.97 Å². The first kappa shape index (κ1) is 11.0. The molecule has 0 aliphatic carbocycles. The molecule has 2 aromatic heterocycles. The number of imidazole rings is 1. The SMILES string of the molecule is CC1OCCC1Nc1nc(Br)cn2ccnc12. The summed E-state index contributed by atoms with van der Waals surface area (Å²) in [6, 6.07) is 0.303. The molecule has 1 fully saturated rings. The van der Waals surface area contributed by atoms with Crippen LogP contribution in [0.15, 0.2) is 23.2 Å². The quantitative estimate of drug-likeness (QED) is 0.922. The number of aromatic nitrogens is 3. The number of fused-ring (bicyclic) bond motifs is 1. The first-order chi connectivity index (χ1) is 8.24. The molecule has 0 aromatic carbocycles. The van der Waals surface area contributed by atoms with E-state index in [0.29, 0.717) is 6.04 Å². The van der Waals surface area contributed by atoms with Gasteiger partial charge in [-0.15, -0.1) is 0 Å². The minimum atomic E-state index is 0.214. The van der Waals surface area contributed by atoms with Crippen molar-refractivity contribution in [3.8, 4) is 0 Å². The van der Waals surface area contributed by atoms with Crippen LogP contribution in [0.5, 0.6) is 0 Å². The largest absolute Gasteiger partial charge is 0.376 e. The van der Waals surface area contributed by atoms with E-state index in [-0.39, 0.29) is 6.10 Å². The summed E-state index contributed by atoms with van der Waals surface area (Å²) in [5, 5.41) is 3.41. The van der Waals surface area contributed by atoms with Crippen molar-refractivity contribution in [1.29, 1.82) is 0 Å². The molecule has 3 rings (SSSR count). The number of halogens is 1. The van der Waals surface area contributed by atoms with Crippen LogP contribution >= 0.6 is 15.9 Å². The Hall–Kier alpha value is -1.14. The standard InChI is InChI=1S/C11H13BrN4O/c1-7-8(2-5-17-7)14-10-11-13-3-4-16(11)6-9(12)15-10/h3-4,6-8H,2,5H2,1H3,(H,14,15). The second-order valence-corrected chi connectivity index (χ2v) is 5.00. The highest BCUT2D eigenvalue weighted by Gasteiger charge is 2.25. The Kier molecular flexibility index (Phi) is 2.76. The lowest BCUT2D eigenvalue weighted by Gasteiger charge is -2.17. The molecule has 0 amide bonds. The van der Waals surface area contributed by atoms with E-state index >= 15 is 0 Å². The Balaban J connectivity index is 1.96. The lowest BCUT2D eigenvalue weighted by atomic mass is 10.1. The third kappa shape index (κ3) is 2.02. The Labute approximate surface area is 107 Å². The number of anilines is 1. The molecule has 6 heteroatoms. The van der Waals surface area contributed by atoms with E-state index in [1.165, 1.54) is 0 Å². The molecular weight excluding hydrogens is 284 g/mol. The molecule has 0 saturated carbocycles. The fourth-order valence-electron chi connectivity index (χ4n) is 2.09. The van der Waals surface area contributed by atoms with Crippen LogP contribution in [0.2, 0.25) is 0 Å². The van der Waals surface area contributed by atoms with Crippen molar-refractivity contribution in [1.82, 2.24) is 14.4 Å². The maximum Gasteiger partial charge on any atom is 0.180 e. The Morgan fingerprint density at radius 1 is 1.59 bits per heavy atom. The van der Waals surface area contributed by atoms with E-state index in [1.807, 2.05) is 16.8 Å². The summed E-state index contributed by atoms with van der Waals surface area (Å²) in [5.74, 6) is 0.798. The zero-order valence-corrected chi connectivity index (χ0v) is 11.0. The van der Waals surface area contributed by atoms with Crippen molar-refractivity contribution >= 4 is 27.4 Å². The van der Waals surface area contributed by atoms with Crippen molar-refractivity contribution in [2.24, 2.45) is 0 Å². The average Bonchev–Trinajstić information content (AvgIpc) is 2.88. The first-order valence-electron chi connectivity index (χ1n) is 5.61. The topological polar surface area (TPSA) is 51.5 Å². The van der Waals surface area contributed by atoms with Crippen LogP contribution in [-0.2, 0) is 4.74 Å². The second-order valence-electron chi connectivity index (χ2n) is 4.19. The van der Waals surface area contributed by atoms with E-state index in [2.05, 4.69) is 38.1 Å². The Morgan fingerprint density at radius 2 is 2.47 bits per heavy atom. The highest BCUT2D eigenvalue weighted by Crippen LogP contribution is 2.22. The Bertz CT molecular complexity index is 541. The smallest absolute Gasteiger partial charge is 0.180 e. The van der Waals surface area contributed by atoms with Crippen LogP contribution in [0.3, 0.4) is 0 Å². The van der Waals surface area contributed by atoms with Gasteiger partial charge < -0.3 is 14.5 Å². The van der Waals surface area contributed by atoms with Crippen molar-refractivity contribution in [2.45, 2.75) is 25.5 Å². The molecule has 0 spiro atoms. The maximum absolute atomic E-state index is 5.53. The lowest BCUT2D eigenvalue weighted by Crippen LogP contribution is -2.27. The first-order valence-corrected chi connectivity index (χ1v) is 6.40. The van der Waals surface area contributed by atoms with Crippen molar-refractivity contribution < 1.29 is 4.74 Å². The summed E-state index contributed by atoms with van der Waals surface area (Å²) in [6.07, 6.45) is 6.78. The predicted octanol–water partition coefficient (Wildman–Crippen LogP) is 2.08. The third-order valence-corrected chi connectivity index (χ3v) is 3.43. The average molecular weight is 297 g/mol. The highest BCUT2D eigenvalue weighted by atomic mass is 79.9. The third-order valence-electron chi connectivity index (χ3n) is 3.04. The normalized spacial score (nSPS) is 24.4. The highest BCUT2D eigenvalue weighted by molar-refractivity contribution is 9.10. The van der Waals surface area contributed by atoms with Gasteiger partial charge in [0.25, 0.3) is 0 Å². The van der Waals surface area contributed by atoms with Gasteiger partial charge in [0.2, 0.25) is 0 Å². The molecule has 1 aliphatic rings. The summed E-state index contributed by atoms with van der Waals surface area (Å²) in [4.78, 5) is 8.74. The molecule has 1 aliphatic heterocycles. The summed E-state index contributed by atoms with van der Waals surface area (Å²) in [7, 11) is 0. The fraction of sp³-hybridized carbons (Fsp3) is 0.455. The van der Waals surface area contributed by atoms with Crippen molar-refractivity contribution in [2.75, 3.05) is 11.9 Å². The molecule has 5 nitrogen and oxygen atoms in total. The molecule has 2 atom stereocenters. The van der Waals surface area contributed by atoms with Gasteiger partial charge >= 0.3 is 0 Å². The molecule has 0 radical (unpaired) electrons. The van der Waals surface area contributed by atoms with Gasteiger partial charge in [-0.3, -0.25) is 0 Å². The van der Waals surface area contributed by atoms with Crippen LogP contribution in [0, 0.1) is 0 Å². The van der Waals surface area contributed by atoms with Crippen molar-refractivity contribution in [3.05, 3.63) is 23.2 Å². The number of hydrogen-bond donors (Lipinski definition) is 1.